The molecule has 0 aromatic carbocycles. The number of rotatable bonds is 3. The van der Waals surface area contributed by atoms with Gasteiger partial charge >= 0.3 is 5.97 Å². The SMILES string of the molecule is CCOC(=O)c1n[nH]nc1-c1cc(C)no1. The predicted molar refractivity (Wildman–Crippen MR) is 52.6 cm³/mol. The molecule has 0 atom stereocenters. The fourth-order valence-corrected chi connectivity index (χ4v) is 1.22. The van der Waals surface area contributed by atoms with Crippen molar-refractivity contribution in [2.75, 3.05) is 6.61 Å². The zero-order valence-electron chi connectivity index (χ0n) is 8.85. The first-order valence-electron chi connectivity index (χ1n) is 4.74. The summed E-state index contributed by atoms with van der Waals surface area (Å²) in [4.78, 5) is 11.5. The van der Waals surface area contributed by atoms with E-state index in [1.54, 1.807) is 19.9 Å². The van der Waals surface area contributed by atoms with Gasteiger partial charge in [0, 0.05) is 6.07 Å². The van der Waals surface area contributed by atoms with Crippen LogP contribution in [0.1, 0.15) is 23.1 Å². The molecule has 0 spiro atoms. The van der Waals surface area contributed by atoms with Crippen molar-refractivity contribution in [3.8, 4) is 11.5 Å². The van der Waals surface area contributed by atoms with E-state index in [9.17, 15) is 4.79 Å². The Kier molecular flexibility index (Phi) is 2.67. The fraction of sp³-hybridized carbons (Fsp3) is 0.333. The van der Waals surface area contributed by atoms with Gasteiger partial charge in [-0.15, -0.1) is 5.10 Å². The molecule has 1 N–H and O–H groups in total. The lowest BCUT2D eigenvalue weighted by Crippen LogP contribution is -2.06. The Bertz CT molecular complexity index is 502. The van der Waals surface area contributed by atoms with E-state index in [4.69, 9.17) is 9.26 Å². The van der Waals surface area contributed by atoms with Gasteiger partial charge in [0.05, 0.1) is 12.3 Å². The van der Waals surface area contributed by atoms with Gasteiger partial charge in [0.25, 0.3) is 0 Å². The molecule has 0 fully saturated rings. The predicted octanol–water partition coefficient (Wildman–Crippen LogP) is 0.945. The number of ether oxygens (including phenoxy) is 1. The molecule has 2 aromatic rings. The molecular formula is C9H10N4O3. The van der Waals surface area contributed by atoms with Gasteiger partial charge in [-0.05, 0) is 13.8 Å². The molecule has 7 heteroatoms. The lowest BCUT2D eigenvalue weighted by Gasteiger charge is -1.97. The number of hydrogen-bond donors (Lipinski definition) is 1. The van der Waals surface area contributed by atoms with E-state index in [2.05, 4.69) is 20.6 Å². The lowest BCUT2D eigenvalue weighted by molar-refractivity contribution is 0.0520. The van der Waals surface area contributed by atoms with Crippen LogP contribution in [0.4, 0.5) is 0 Å². The summed E-state index contributed by atoms with van der Waals surface area (Å²) >= 11 is 0. The standard InChI is InChI=1S/C9H10N4O3/c1-3-15-9(14)8-7(10-13-11-8)6-4-5(2)12-16-6/h4H,3H2,1-2H3,(H,10,11,13). The van der Waals surface area contributed by atoms with Gasteiger partial charge in [-0.1, -0.05) is 5.16 Å². The van der Waals surface area contributed by atoms with Crippen molar-refractivity contribution in [3.63, 3.8) is 0 Å². The van der Waals surface area contributed by atoms with Crippen molar-refractivity contribution in [1.82, 2.24) is 20.6 Å². The second-order valence-corrected chi connectivity index (χ2v) is 3.07. The van der Waals surface area contributed by atoms with Gasteiger partial charge in [0.15, 0.2) is 11.5 Å². The van der Waals surface area contributed by atoms with Crippen LogP contribution >= 0.6 is 0 Å². The second-order valence-electron chi connectivity index (χ2n) is 3.07. The van der Waals surface area contributed by atoms with E-state index in [1.165, 1.54) is 0 Å². The average Bonchev–Trinajstić information content (AvgIpc) is 2.85. The van der Waals surface area contributed by atoms with Gasteiger partial charge in [0.1, 0.15) is 0 Å². The topological polar surface area (TPSA) is 93.9 Å². The highest BCUT2D eigenvalue weighted by molar-refractivity contribution is 5.93. The van der Waals surface area contributed by atoms with Crippen molar-refractivity contribution < 1.29 is 14.1 Å². The maximum Gasteiger partial charge on any atom is 0.361 e. The van der Waals surface area contributed by atoms with E-state index >= 15 is 0 Å². The molecule has 0 unspecified atom stereocenters. The molecule has 84 valence electrons. The van der Waals surface area contributed by atoms with E-state index in [0.29, 0.717) is 17.1 Å². The van der Waals surface area contributed by atoms with Crippen LogP contribution in [0, 0.1) is 6.92 Å². The molecule has 0 aliphatic rings. The molecule has 2 heterocycles. The third-order valence-electron chi connectivity index (χ3n) is 1.88. The van der Waals surface area contributed by atoms with Gasteiger partial charge in [0.2, 0.25) is 5.69 Å². The molecule has 0 bridgehead atoms. The Morgan fingerprint density at radius 1 is 1.56 bits per heavy atom. The summed E-state index contributed by atoms with van der Waals surface area (Å²) in [7, 11) is 0. The maximum atomic E-state index is 11.5. The summed E-state index contributed by atoms with van der Waals surface area (Å²) in [6, 6.07) is 1.67. The summed E-state index contributed by atoms with van der Waals surface area (Å²) in [6.07, 6.45) is 0. The highest BCUT2D eigenvalue weighted by atomic mass is 16.5. The normalized spacial score (nSPS) is 10.4. The van der Waals surface area contributed by atoms with E-state index in [1.807, 2.05) is 0 Å². The molecule has 0 saturated carbocycles. The highest BCUT2D eigenvalue weighted by Crippen LogP contribution is 2.20. The van der Waals surface area contributed by atoms with Crippen LogP contribution in [0.15, 0.2) is 10.6 Å². The molecule has 0 amide bonds. The molecule has 16 heavy (non-hydrogen) atoms. The van der Waals surface area contributed by atoms with Crippen LogP contribution < -0.4 is 0 Å². The first-order valence-corrected chi connectivity index (χ1v) is 4.74. The number of H-pyrrole nitrogens is 1. The number of aromatic nitrogens is 4. The number of carbonyl (C=O) groups is 1. The summed E-state index contributed by atoms with van der Waals surface area (Å²) in [5, 5.41) is 13.6. The summed E-state index contributed by atoms with van der Waals surface area (Å²) < 4.78 is 9.83. The smallest absolute Gasteiger partial charge is 0.361 e. The number of aromatic amines is 1. The molecule has 0 radical (unpaired) electrons. The maximum absolute atomic E-state index is 11.5. The minimum Gasteiger partial charge on any atom is -0.461 e. The molecule has 0 aliphatic heterocycles. The highest BCUT2D eigenvalue weighted by Gasteiger charge is 2.21. The van der Waals surface area contributed by atoms with Crippen LogP contribution in [-0.4, -0.2) is 33.1 Å². The van der Waals surface area contributed by atoms with Crippen molar-refractivity contribution in [1.29, 1.82) is 0 Å². The number of aryl methyl sites for hydroxylation is 1. The first-order chi connectivity index (χ1) is 7.72. The van der Waals surface area contributed by atoms with Crippen LogP contribution in [-0.2, 0) is 4.74 Å². The Labute approximate surface area is 90.8 Å². The molecule has 2 rings (SSSR count). The Morgan fingerprint density at radius 2 is 2.38 bits per heavy atom. The number of nitrogens with one attached hydrogen (secondary N) is 1. The van der Waals surface area contributed by atoms with E-state index in [-0.39, 0.29) is 12.3 Å². The monoisotopic (exact) mass is 222 g/mol. The van der Waals surface area contributed by atoms with Crippen molar-refractivity contribution >= 4 is 5.97 Å². The second kappa shape index (κ2) is 4.13. The number of carbonyl (C=O) groups excluding carboxylic acids is 1. The third-order valence-corrected chi connectivity index (χ3v) is 1.88. The molecule has 2 aromatic heterocycles. The fourth-order valence-electron chi connectivity index (χ4n) is 1.22. The van der Waals surface area contributed by atoms with Crippen LogP contribution in [0.25, 0.3) is 11.5 Å². The number of hydrogen-bond acceptors (Lipinski definition) is 6. The number of nitrogens with zero attached hydrogens (tertiary/aromatic N) is 3. The quantitative estimate of drug-likeness (QED) is 0.777. The minimum absolute atomic E-state index is 0.0954. The van der Waals surface area contributed by atoms with Crippen LogP contribution in [0.2, 0.25) is 0 Å². The molecule has 0 saturated heterocycles. The average molecular weight is 222 g/mol. The Hall–Kier alpha value is -2.18. The largest absolute Gasteiger partial charge is 0.461 e. The van der Waals surface area contributed by atoms with Crippen molar-refractivity contribution in [3.05, 3.63) is 17.5 Å². The van der Waals surface area contributed by atoms with Crippen molar-refractivity contribution in [2.24, 2.45) is 0 Å². The molecular weight excluding hydrogens is 212 g/mol. The number of esters is 1. The molecule has 0 aliphatic carbocycles. The van der Waals surface area contributed by atoms with Crippen LogP contribution in [0.3, 0.4) is 0 Å². The molecule has 7 nitrogen and oxygen atoms in total. The Balaban J connectivity index is 2.36. The van der Waals surface area contributed by atoms with Gasteiger partial charge in [-0.3, -0.25) is 0 Å². The van der Waals surface area contributed by atoms with E-state index in [0.717, 1.165) is 0 Å². The van der Waals surface area contributed by atoms with Gasteiger partial charge in [-0.2, -0.15) is 10.3 Å². The lowest BCUT2D eigenvalue weighted by atomic mass is 10.2. The third kappa shape index (κ3) is 1.79. The van der Waals surface area contributed by atoms with Crippen molar-refractivity contribution in [2.45, 2.75) is 13.8 Å². The summed E-state index contributed by atoms with van der Waals surface area (Å²) in [6.45, 7) is 3.77. The zero-order chi connectivity index (χ0) is 11.5. The zero-order valence-corrected chi connectivity index (χ0v) is 8.85. The van der Waals surface area contributed by atoms with Gasteiger partial charge < -0.3 is 9.26 Å². The first kappa shape index (κ1) is 10.3. The van der Waals surface area contributed by atoms with Gasteiger partial charge in [-0.25, -0.2) is 4.79 Å². The summed E-state index contributed by atoms with van der Waals surface area (Å²) in [5.74, 6) is -0.158. The summed E-state index contributed by atoms with van der Waals surface area (Å²) in [5.41, 5.74) is 1.10. The Morgan fingerprint density at radius 3 is 3.00 bits per heavy atom. The minimum atomic E-state index is -0.541. The van der Waals surface area contributed by atoms with E-state index < -0.39 is 5.97 Å². The van der Waals surface area contributed by atoms with Crippen LogP contribution in [0.5, 0.6) is 0 Å².